The van der Waals surface area contributed by atoms with Crippen molar-refractivity contribution in [2.24, 2.45) is 62.2 Å². The highest BCUT2D eigenvalue weighted by molar-refractivity contribution is 7.17. The second-order valence-corrected chi connectivity index (χ2v) is 18.2. The van der Waals surface area contributed by atoms with Crippen LogP contribution in [0.25, 0.3) is 10.8 Å². The smallest absolute Gasteiger partial charge is 0.172 e. The Hall–Kier alpha value is -2.54. The van der Waals surface area contributed by atoms with Crippen LogP contribution in [0.15, 0.2) is 34.3 Å². The number of hydrogen-bond acceptors (Lipinski definition) is 6. The van der Waals surface area contributed by atoms with Gasteiger partial charge in [0.2, 0.25) is 12.4 Å². The van der Waals surface area contributed by atoms with Gasteiger partial charge in [0.25, 0.3) is 0 Å². The van der Waals surface area contributed by atoms with Crippen molar-refractivity contribution in [3.63, 3.8) is 0 Å². The highest BCUT2D eigenvalue weighted by Gasteiger charge is 2.60. The lowest BCUT2D eigenvalue weighted by atomic mass is 9.45. The van der Waals surface area contributed by atoms with Gasteiger partial charge in [0, 0.05) is 20.5 Å². The molecule has 0 unspecified atom stereocenters. The molecule has 1 aromatic rings. The van der Waals surface area contributed by atoms with Crippen LogP contribution in [-0.2, 0) is 12.8 Å². The van der Waals surface area contributed by atoms with Gasteiger partial charge in [0.1, 0.15) is 10.7 Å². The Kier molecular flexibility index (Phi) is 8.23. The molecule has 0 bridgehead atoms. The van der Waals surface area contributed by atoms with Crippen molar-refractivity contribution in [3.05, 3.63) is 53.8 Å². The van der Waals surface area contributed by atoms with Crippen LogP contribution < -0.4 is 10.7 Å². The quantitative estimate of drug-likeness (QED) is 0.262. The molecule has 0 radical (unpaired) electrons. The van der Waals surface area contributed by atoms with Gasteiger partial charge in [-0.05, 0) is 104 Å². The van der Waals surface area contributed by atoms with Gasteiger partial charge in [0.05, 0.1) is 9.06 Å². The van der Waals surface area contributed by atoms with Crippen LogP contribution >= 0.6 is 22.7 Å². The van der Waals surface area contributed by atoms with Crippen molar-refractivity contribution in [1.29, 1.82) is 10.5 Å². The summed E-state index contributed by atoms with van der Waals surface area (Å²) < 4.78 is 2.03. The third-order valence-corrected chi connectivity index (χ3v) is 16.2. The summed E-state index contributed by atoms with van der Waals surface area (Å²) in [6.45, 7) is 12.7. The van der Waals surface area contributed by atoms with Gasteiger partial charge >= 0.3 is 0 Å². The molecule has 6 heteroatoms. The Morgan fingerprint density at radius 2 is 1.47 bits per heavy atom. The maximum Gasteiger partial charge on any atom is 0.206 e. The van der Waals surface area contributed by atoms with Crippen LogP contribution in [0.1, 0.15) is 102 Å². The first-order valence-electron chi connectivity index (χ1n) is 17.6. The second kappa shape index (κ2) is 11.9. The molecular formula is C39H48N4S2. The summed E-state index contributed by atoms with van der Waals surface area (Å²) in [5.74, 6) is 5.83. The van der Waals surface area contributed by atoms with Crippen LogP contribution in [0, 0.1) is 84.2 Å². The molecule has 0 amide bonds. The molecule has 0 N–H and O–H groups in total. The summed E-state index contributed by atoms with van der Waals surface area (Å²) in [6.07, 6.45) is 19.0. The van der Waals surface area contributed by atoms with Crippen molar-refractivity contribution in [2.45, 2.75) is 105 Å². The third kappa shape index (κ3) is 5.01. The zero-order valence-corrected chi connectivity index (χ0v) is 29.4. The summed E-state index contributed by atoms with van der Waals surface area (Å²) in [5.41, 5.74) is 0.836. The predicted octanol–water partition coefficient (Wildman–Crippen LogP) is 9.49. The minimum absolute atomic E-state index is 0.318. The maximum absolute atomic E-state index is 9.70. The molecule has 3 saturated carbocycles. The molecule has 0 spiro atoms. The fraction of sp³-hybridized carbons (Fsp3) is 0.641. The van der Waals surface area contributed by atoms with Crippen LogP contribution in [0.3, 0.4) is 0 Å². The molecule has 0 saturated heterocycles. The van der Waals surface area contributed by atoms with Gasteiger partial charge in [-0.2, -0.15) is 20.5 Å². The first-order chi connectivity index (χ1) is 21.7. The van der Waals surface area contributed by atoms with Crippen molar-refractivity contribution in [3.8, 4) is 12.4 Å². The molecule has 1 heterocycles. The molecule has 5 aliphatic carbocycles. The Labute approximate surface area is 276 Å². The fourth-order valence-corrected chi connectivity index (χ4v) is 14.2. The molecule has 6 aliphatic rings. The predicted molar refractivity (Wildman–Crippen MR) is 184 cm³/mol. The van der Waals surface area contributed by atoms with E-state index in [9.17, 15) is 10.5 Å². The average Bonchev–Trinajstić information content (AvgIpc) is 3.38. The maximum atomic E-state index is 9.70. The summed E-state index contributed by atoms with van der Waals surface area (Å²) in [5, 5.41) is 22.6. The van der Waals surface area contributed by atoms with E-state index in [0.29, 0.717) is 16.7 Å². The van der Waals surface area contributed by atoms with E-state index in [0.717, 1.165) is 78.9 Å². The van der Waals surface area contributed by atoms with E-state index in [1.54, 1.807) is 0 Å². The monoisotopic (exact) mass is 636 g/mol. The molecule has 4 nitrogen and oxygen atoms in total. The Bertz CT molecular complexity index is 1910. The minimum atomic E-state index is 0.318. The van der Waals surface area contributed by atoms with E-state index in [1.165, 1.54) is 67.5 Å². The molecule has 45 heavy (non-hydrogen) atoms. The van der Waals surface area contributed by atoms with Gasteiger partial charge in [-0.15, -0.1) is 22.7 Å². The fourth-order valence-electron chi connectivity index (χ4n) is 11.3. The molecule has 7 rings (SSSR count). The number of nitrogens with zero attached hydrogens (tertiary/aromatic N) is 4. The van der Waals surface area contributed by atoms with Crippen molar-refractivity contribution < 1.29 is 0 Å². The highest BCUT2D eigenvalue weighted by atomic mass is 32.1. The lowest BCUT2D eigenvalue weighted by Gasteiger charge is -2.60. The standard InChI is InChI=1S/C39H48N4S2/c1-23(2)9-8-10-24(3)29-15-16-30-28-14-13-25-19-32-33(20-39(25,5)31(28)17-18-38(29,30)4)45-37-35(43-22-41)27-12-7-6-11-26(27)34(42-21-40)36(37)44-32/h6-7,11-12,23-25,28-31H,8-10,13-20H2,1-5H3/t24-,25+,28+,29-,30+,31+,38-,39+/m1/s1. The Morgan fingerprint density at radius 1 is 0.822 bits per heavy atom. The zero-order valence-electron chi connectivity index (χ0n) is 27.7. The van der Waals surface area contributed by atoms with E-state index in [2.05, 4.69) is 57.0 Å². The van der Waals surface area contributed by atoms with Crippen molar-refractivity contribution >= 4 is 33.4 Å². The molecule has 236 valence electrons. The van der Waals surface area contributed by atoms with E-state index < -0.39 is 0 Å². The van der Waals surface area contributed by atoms with Crippen LogP contribution in [0.4, 0.5) is 0 Å². The van der Waals surface area contributed by atoms with Crippen molar-refractivity contribution in [1.82, 2.24) is 0 Å². The highest BCUT2D eigenvalue weighted by Crippen LogP contribution is 2.68. The summed E-state index contributed by atoms with van der Waals surface area (Å²) >= 11 is 3.65. The normalized spacial score (nSPS) is 33.7. The molecule has 1 aromatic carbocycles. The lowest BCUT2D eigenvalue weighted by molar-refractivity contribution is -0.102. The summed E-state index contributed by atoms with van der Waals surface area (Å²) in [7, 11) is 0. The van der Waals surface area contributed by atoms with E-state index in [4.69, 9.17) is 0 Å². The Morgan fingerprint density at radius 3 is 2.11 bits per heavy atom. The summed E-state index contributed by atoms with van der Waals surface area (Å²) in [4.78, 5) is 11.7. The molecule has 1 aliphatic heterocycles. The van der Waals surface area contributed by atoms with E-state index in [1.807, 2.05) is 46.9 Å². The SMILES string of the molecule is CC(C)CCC[C@@H](C)[C@H]1CC[C@H]2[C@@H]3CC[C@H]4Cc5sc6c(=NC#N)c7ccccc7c(=NC#N)c=6sc5C[C@]4(C)[C@H]3CC[C@]12C. The van der Waals surface area contributed by atoms with E-state index >= 15 is 0 Å². The second-order valence-electron chi connectivity index (χ2n) is 15.9. The van der Waals surface area contributed by atoms with Gasteiger partial charge < -0.3 is 0 Å². The van der Waals surface area contributed by atoms with Crippen LogP contribution in [0.2, 0.25) is 0 Å². The van der Waals surface area contributed by atoms with Crippen LogP contribution in [0.5, 0.6) is 0 Å². The molecular weight excluding hydrogens is 589 g/mol. The molecule has 3 fully saturated rings. The number of nitriles is 2. The largest absolute Gasteiger partial charge is 0.206 e. The number of hydrogen-bond donors (Lipinski definition) is 0. The third-order valence-electron chi connectivity index (χ3n) is 13.4. The zero-order chi connectivity index (χ0) is 31.5. The van der Waals surface area contributed by atoms with Gasteiger partial charge in [-0.3, -0.25) is 0 Å². The lowest BCUT2D eigenvalue weighted by Crippen LogP contribution is -2.54. The number of rotatable bonds is 5. The summed E-state index contributed by atoms with van der Waals surface area (Å²) in [6, 6.07) is 7.98. The van der Waals surface area contributed by atoms with Gasteiger partial charge in [-0.25, -0.2) is 0 Å². The van der Waals surface area contributed by atoms with Crippen molar-refractivity contribution in [2.75, 3.05) is 0 Å². The van der Waals surface area contributed by atoms with Gasteiger partial charge in [0.15, 0.2) is 0 Å². The Balaban J connectivity index is 1.25. The van der Waals surface area contributed by atoms with Gasteiger partial charge in [-0.1, -0.05) is 78.1 Å². The topological polar surface area (TPSA) is 72.3 Å². The number of benzene rings is 1. The van der Waals surface area contributed by atoms with E-state index in [-0.39, 0.29) is 0 Å². The first kappa shape index (κ1) is 31.1. The minimum Gasteiger partial charge on any atom is -0.172 e. The molecule has 0 aromatic heterocycles. The number of fused-ring (bicyclic) bond motifs is 7. The average molecular weight is 637 g/mol. The van der Waals surface area contributed by atoms with Crippen LogP contribution in [-0.4, -0.2) is 0 Å². The first-order valence-corrected chi connectivity index (χ1v) is 19.2. The molecule has 8 atom stereocenters.